The predicted molar refractivity (Wildman–Crippen MR) is 96.3 cm³/mol. The van der Waals surface area contributed by atoms with E-state index in [2.05, 4.69) is 10.6 Å². The van der Waals surface area contributed by atoms with Crippen LogP contribution in [0.25, 0.3) is 0 Å². The lowest BCUT2D eigenvalue weighted by Gasteiger charge is -2.22. The van der Waals surface area contributed by atoms with Gasteiger partial charge in [0.2, 0.25) is 0 Å². The Kier molecular flexibility index (Phi) is 6.42. The molecule has 1 atom stereocenters. The van der Waals surface area contributed by atoms with Crippen LogP contribution in [0.15, 0.2) is 24.3 Å². The number of thioether (sulfide) groups is 2. The number of hydrogen-bond donors (Lipinski definition) is 2. The van der Waals surface area contributed by atoms with Gasteiger partial charge in [0.15, 0.2) is 0 Å². The maximum atomic E-state index is 12.0. The van der Waals surface area contributed by atoms with Gasteiger partial charge < -0.3 is 20.1 Å². The normalized spacial score (nSPS) is 21.4. The second-order valence-corrected chi connectivity index (χ2v) is 8.16. The summed E-state index contributed by atoms with van der Waals surface area (Å²) in [7, 11) is 0. The van der Waals surface area contributed by atoms with Crippen molar-refractivity contribution in [3.63, 3.8) is 0 Å². The molecule has 6 nitrogen and oxygen atoms in total. The van der Waals surface area contributed by atoms with Crippen molar-refractivity contribution in [1.82, 2.24) is 5.32 Å². The molecule has 0 spiro atoms. The number of amides is 2. The topological polar surface area (TPSA) is 76.7 Å². The van der Waals surface area contributed by atoms with Gasteiger partial charge in [0, 0.05) is 23.7 Å². The van der Waals surface area contributed by atoms with Gasteiger partial charge in [0.25, 0.3) is 0 Å². The number of rotatable bonds is 4. The molecule has 2 N–H and O–H groups in total. The highest BCUT2D eigenvalue weighted by molar-refractivity contribution is 8.19. The fourth-order valence-corrected chi connectivity index (χ4v) is 5.28. The lowest BCUT2D eigenvalue weighted by Crippen LogP contribution is -2.43. The molecule has 0 saturated carbocycles. The van der Waals surface area contributed by atoms with Gasteiger partial charge in [-0.15, -0.1) is 23.5 Å². The average molecular weight is 368 g/mol. The van der Waals surface area contributed by atoms with E-state index in [1.54, 1.807) is 6.07 Å². The Morgan fingerprint density at radius 3 is 2.75 bits per heavy atom. The maximum Gasteiger partial charge on any atom is 0.313 e. The van der Waals surface area contributed by atoms with E-state index in [1.807, 2.05) is 41.7 Å². The van der Waals surface area contributed by atoms with Gasteiger partial charge in [-0.05, 0) is 17.7 Å². The van der Waals surface area contributed by atoms with Crippen molar-refractivity contribution in [2.45, 2.75) is 10.7 Å². The molecule has 130 valence electrons. The van der Waals surface area contributed by atoms with Gasteiger partial charge in [-0.2, -0.15) is 0 Å². The average Bonchev–Trinajstić information content (AvgIpc) is 3.15. The Labute approximate surface area is 149 Å². The van der Waals surface area contributed by atoms with Crippen molar-refractivity contribution in [2.24, 2.45) is 0 Å². The van der Waals surface area contributed by atoms with Crippen LogP contribution >= 0.6 is 23.5 Å². The second-order valence-electron chi connectivity index (χ2n) is 5.43. The van der Waals surface area contributed by atoms with Gasteiger partial charge in [-0.25, -0.2) is 0 Å². The van der Waals surface area contributed by atoms with E-state index in [1.165, 1.54) is 0 Å². The first-order chi connectivity index (χ1) is 11.7. The first-order valence-corrected chi connectivity index (χ1v) is 9.94. The zero-order chi connectivity index (χ0) is 16.8. The number of carbonyl (C=O) groups is 2. The molecular weight excluding hydrogens is 348 g/mol. The van der Waals surface area contributed by atoms with Crippen molar-refractivity contribution in [2.75, 3.05) is 43.2 Å². The van der Waals surface area contributed by atoms with Crippen molar-refractivity contribution in [3.8, 4) is 0 Å². The summed E-state index contributed by atoms with van der Waals surface area (Å²) < 4.78 is 11.1. The Morgan fingerprint density at radius 2 is 2.00 bits per heavy atom. The highest BCUT2D eigenvalue weighted by Crippen LogP contribution is 2.45. The van der Waals surface area contributed by atoms with E-state index in [0.29, 0.717) is 30.1 Å². The van der Waals surface area contributed by atoms with E-state index < -0.39 is 11.8 Å². The Morgan fingerprint density at radius 1 is 1.17 bits per heavy atom. The molecule has 0 aromatic heterocycles. The molecule has 0 unspecified atom stereocenters. The zero-order valence-corrected chi connectivity index (χ0v) is 14.8. The number of benzene rings is 1. The minimum absolute atomic E-state index is 0.199. The summed E-state index contributed by atoms with van der Waals surface area (Å²) in [6.07, 6.45) is -0.199. The van der Waals surface area contributed by atoms with Crippen molar-refractivity contribution >= 4 is 41.0 Å². The SMILES string of the molecule is O=C(NC[C@@H]1COCCO1)C(=O)Nc1cccc(C2SCCS2)c1. The molecule has 3 rings (SSSR count). The van der Waals surface area contributed by atoms with E-state index in [-0.39, 0.29) is 12.6 Å². The van der Waals surface area contributed by atoms with Crippen molar-refractivity contribution < 1.29 is 19.1 Å². The minimum Gasteiger partial charge on any atom is -0.376 e. The van der Waals surface area contributed by atoms with Crippen LogP contribution in [0, 0.1) is 0 Å². The quantitative estimate of drug-likeness (QED) is 0.787. The molecule has 0 radical (unpaired) electrons. The summed E-state index contributed by atoms with van der Waals surface area (Å²) in [5.74, 6) is 0.942. The standard InChI is InChI=1S/C16H20N2O4S2/c19-14(17-9-13-10-21-4-5-22-13)15(20)18-12-3-1-2-11(8-12)16-23-6-7-24-16/h1-3,8,13,16H,4-7,9-10H2,(H,17,19)(H,18,20)/t13-/m1/s1. The molecule has 2 heterocycles. The highest BCUT2D eigenvalue weighted by atomic mass is 32.2. The molecule has 1 aromatic rings. The van der Waals surface area contributed by atoms with Gasteiger partial charge in [0.1, 0.15) is 0 Å². The third kappa shape index (κ3) is 4.89. The Hall–Kier alpha value is -1.22. The summed E-state index contributed by atoms with van der Waals surface area (Å²) in [5.41, 5.74) is 1.80. The molecule has 24 heavy (non-hydrogen) atoms. The van der Waals surface area contributed by atoms with Crippen LogP contribution in [-0.4, -0.2) is 55.8 Å². The number of hydrogen-bond acceptors (Lipinski definition) is 6. The number of anilines is 1. The predicted octanol–water partition coefficient (Wildman–Crippen LogP) is 1.64. The zero-order valence-electron chi connectivity index (χ0n) is 13.2. The summed E-state index contributed by atoms with van der Waals surface area (Å²) in [6, 6.07) is 7.66. The smallest absolute Gasteiger partial charge is 0.313 e. The first kappa shape index (κ1) is 17.6. The van der Waals surface area contributed by atoms with Crippen LogP contribution in [-0.2, 0) is 19.1 Å². The monoisotopic (exact) mass is 368 g/mol. The van der Waals surface area contributed by atoms with Crippen LogP contribution in [0.2, 0.25) is 0 Å². The fraction of sp³-hybridized carbons (Fsp3) is 0.500. The second kappa shape index (κ2) is 8.75. The van der Waals surface area contributed by atoms with Crippen LogP contribution in [0.5, 0.6) is 0 Å². The van der Waals surface area contributed by atoms with E-state index in [4.69, 9.17) is 9.47 Å². The molecule has 1 aromatic carbocycles. The molecule has 2 aliphatic heterocycles. The lowest BCUT2D eigenvalue weighted by atomic mass is 10.2. The fourth-order valence-electron chi connectivity index (χ4n) is 2.44. The molecule has 2 fully saturated rings. The number of ether oxygens (including phenoxy) is 2. The van der Waals surface area contributed by atoms with Crippen LogP contribution in [0.4, 0.5) is 5.69 Å². The molecule has 2 aliphatic rings. The van der Waals surface area contributed by atoms with E-state index >= 15 is 0 Å². The molecule has 0 bridgehead atoms. The molecule has 2 saturated heterocycles. The van der Waals surface area contributed by atoms with Gasteiger partial charge in [-0.3, -0.25) is 9.59 Å². The largest absolute Gasteiger partial charge is 0.376 e. The van der Waals surface area contributed by atoms with Gasteiger partial charge >= 0.3 is 11.8 Å². The van der Waals surface area contributed by atoms with Crippen LogP contribution in [0.3, 0.4) is 0 Å². The molecule has 2 amide bonds. The first-order valence-electron chi connectivity index (χ1n) is 7.84. The number of nitrogens with one attached hydrogen (secondary N) is 2. The molecule has 0 aliphatic carbocycles. The van der Waals surface area contributed by atoms with E-state index in [0.717, 1.165) is 17.1 Å². The highest BCUT2D eigenvalue weighted by Gasteiger charge is 2.21. The van der Waals surface area contributed by atoms with Crippen LogP contribution in [0.1, 0.15) is 10.1 Å². The van der Waals surface area contributed by atoms with Gasteiger partial charge in [0.05, 0.1) is 30.5 Å². The Bertz CT molecular complexity index is 587. The third-order valence-corrected chi connectivity index (χ3v) is 6.72. The summed E-state index contributed by atoms with van der Waals surface area (Å²) in [4.78, 5) is 23.9. The summed E-state index contributed by atoms with van der Waals surface area (Å²) in [6.45, 7) is 1.78. The molecule has 8 heteroatoms. The lowest BCUT2D eigenvalue weighted by molar-refractivity contribution is -0.137. The summed E-state index contributed by atoms with van der Waals surface area (Å²) >= 11 is 3.80. The minimum atomic E-state index is -0.671. The van der Waals surface area contributed by atoms with Crippen LogP contribution < -0.4 is 10.6 Å². The Balaban J connectivity index is 1.50. The van der Waals surface area contributed by atoms with Crippen molar-refractivity contribution in [3.05, 3.63) is 29.8 Å². The summed E-state index contributed by atoms with van der Waals surface area (Å²) in [5, 5.41) is 5.23. The molecular formula is C16H20N2O4S2. The number of carbonyl (C=O) groups excluding carboxylic acids is 2. The third-order valence-electron chi connectivity index (χ3n) is 3.62. The van der Waals surface area contributed by atoms with Crippen molar-refractivity contribution in [1.29, 1.82) is 0 Å². The van der Waals surface area contributed by atoms with E-state index in [9.17, 15) is 9.59 Å². The van der Waals surface area contributed by atoms with Gasteiger partial charge in [-0.1, -0.05) is 12.1 Å². The maximum absolute atomic E-state index is 12.0.